The summed E-state index contributed by atoms with van der Waals surface area (Å²) in [6, 6.07) is 11.2. The number of piperidine rings is 1. The van der Waals surface area contributed by atoms with Crippen LogP contribution in [0.5, 0.6) is 0 Å². The van der Waals surface area contributed by atoms with E-state index in [1.807, 2.05) is 42.3 Å². The van der Waals surface area contributed by atoms with Gasteiger partial charge >= 0.3 is 0 Å². The molecule has 2 N–H and O–H groups in total. The number of carbonyl (C=O) groups is 1. The summed E-state index contributed by atoms with van der Waals surface area (Å²) in [5.41, 5.74) is 0.594. The summed E-state index contributed by atoms with van der Waals surface area (Å²) in [5, 5.41) is 15.2. The first kappa shape index (κ1) is 18.6. The molecule has 1 aromatic carbocycles. The molecule has 3 aliphatic rings. The molecule has 6 nitrogen and oxygen atoms in total. The number of rotatable bonds is 1. The summed E-state index contributed by atoms with van der Waals surface area (Å²) in [5.74, 6) is -0.0612. The zero-order valence-electron chi connectivity index (χ0n) is 16.7. The maximum atomic E-state index is 13.5. The molecular weight excluding hydrogens is 366 g/mol. The van der Waals surface area contributed by atoms with Crippen LogP contribution in [0.25, 0.3) is 11.1 Å². The predicted octanol–water partition coefficient (Wildman–Crippen LogP) is 1.86. The topological polar surface area (TPSA) is 74.6 Å². The summed E-state index contributed by atoms with van der Waals surface area (Å²) in [7, 11) is 1.85. The van der Waals surface area contributed by atoms with Crippen molar-refractivity contribution in [2.45, 2.75) is 43.9 Å². The van der Waals surface area contributed by atoms with Crippen molar-refractivity contribution in [1.82, 2.24) is 14.8 Å². The smallest absolute Gasteiger partial charge is 0.255 e. The van der Waals surface area contributed by atoms with Crippen molar-refractivity contribution in [3.63, 3.8) is 0 Å². The lowest BCUT2D eigenvalue weighted by atomic mass is 9.66. The number of hydrogen-bond donors (Lipinski definition) is 2. The second-order valence-corrected chi connectivity index (χ2v) is 8.98. The number of aromatic nitrogens is 1. The Balaban J connectivity index is 1.71. The van der Waals surface area contributed by atoms with Gasteiger partial charge in [-0.3, -0.25) is 9.59 Å². The van der Waals surface area contributed by atoms with Crippen molar-refractivity contribution in [1.29, 1.82) is 0 Å². The SMILES string of the molecule is CN1C(=O)c2cn(c(=O)cc2-c2ccccc2)CC2(O)CCNCC23CCC1C3. The van der Waals surface area contributed by atoms with Gasteiger partial charge in [-0.1, -0.05) is 30.3 Å². The number of amides is 1. The number of carbonyl (C=O) groups excluding carboxylic acids is 1. The molecule has 2 fully saturated rings. The first-order chi connectivity index (χ1) is 13.9. The van der Waals surface area contributed by atoms with Gasteiger partial charge in [0.05, 0.1) is 17.7 Å². The molecule has 4 bridgehead atoms. The molecule has 2 aromatic rings. The van der Waals surface area contributed by atoms with Crippen molar-refractivity contribution in [3.8, 4) is 11.1 Å². The van der Waals surface area contributed by atoms with Gasteiger partial charge in [0.2, 0.25) is 0 Å². The van der Waals surface area contributed by atoms with Gasteiger partial charge in [0, 0.05) is 42.9 Å². The molecule has 2 aliphatic heterocycles. The van der Waals surface area contributed by atoms with Crippen molar-refractivity contribution in [2.24, 2.45) is 5.41 Å². The number of pyridine rings is 1. The highest BCUT2D eigenvalue weighted by Crippen LogP contribution is 2.51. The molecule has 3 atom stereocenters. The quantitative estimate of drug-likeness (QED) is 0.776. The lowest BCUT2D eigenvalue weighted by Gasteiger charge is -2.50. The van der Waals surface area contributed by atoms with Gasteiger partial charge in [-0.05, 0) is 37.8 Å². The normalized spacial score (nSPS) is 31.4. The lowest BCUT2D eigenvalue weighted by Crippen LogP contribution is -2.61. The van der Waals surface area contributed by atoms with Crippen LogP contribution in [0.2, 0.25) is 0 Å². The molecule has 1 saturated heterocycles. The van der Waals surface area contributed by atoms with E-state index in [1.54, 1.807) is 16.8 Å². The van der Waals surface area contributed by atoms with Crippen molar-refractivity contribution >= 4 is 5.91 Å². The average molecular weight is 393 g/mol. The van der Waals surface area contributed by atoms with Gasteiger partial charge in [-0.25, -0.2) is 0 Å². The van der Waals surface area contributed by atoms with E-state index in [1.165, 1.54) is 0 Å². The number of nitrogens with one attached hydrogen (secondary N) is 1. The van der Waals surface area contributed by atoms with E-state index in [0.717, 1.165) is 37.9 Å². The first-order valence-electron chi connectivity index (χ1n) is 10.4. The summed E-state index contributed by atoms with van der Waals surface area (Å²) < 4.78 is 1.55. The minimum absolute atomic E-state index is 0.0612. The van der Waals surface area contributed by atoms with Crippen LogP contribution in [0.3, 0.4) is 0 Å². The molecule has 6 heteroatoms. The largest absolute Gasteiger partial charge is 0.387 e. The van der Waals surface area contributed by atoms with Gasteiger partial charge in [-0.2, -0.15) is 0 Å². The maximum absolute atomic E-state index is 13.5. The third-order valence-electron chi connectivity index (χ3n) is 7.49. The molecule has 1 aliphatic carbocycles. The molecule has 1 spiro atoms. The number of aliphatic hydroxyl groups is 1. The number of nitrogens with zero attached hydrogens (tertiary/aromatic N) is 2. The number of hydrogen-bond acceptors (Lipinski definition) is 4. The summed E-state index contributed by atoms with van der Waals surface area (Å²) in [4.78, 5) is 28.3. The van der Waals surface area contributed by atoms with E-state index in [2.05, 4.69) is 5.32 Å². The van der Waals surface area contributed by atoms with Crippen molar-refractivity contribution < 1.29 is 9.90 Å². The Hall–Kier alpha value is -2.44. The zero-order valence-corrected chi connectivity index (χ0v) is 16.7. The third-order valence-corrected chi connectivity index (χ3v) is 7.49. The highest BCUT2D eigenvalue weighted by atomic mass is 16.3. The van der Waals surface area contributed by atoms with Gasteiger partial charge in [0.1, 0.15) is 0 Å². The van der Waals surface area contributed by atoms with E-state index in [-0.39, 0.29) is 29.5 Å². The van der Waals surface area contributed by atoms with E-state index < -0.39 is 5.60 Å². The summed E-state index contributed by atoms with van der Waals surface area (Å²) in [6.07, 6.45) is 4.77. The molecule has 3 unspecified atom stereocenters. The highest BCUT2D eigenvalue weighted by Gasteiger charge is 2.56. The highest BCUT2D eigenvalue weighted by molar-refractivity contribution is 6.00. The van der Waals surface area contributed by atoms with Gasteiger partial charge in [-0.15, -0.1) is 0 Å². The average Bonchev–Trinajstić information content (AvgIpc) is 3.16. The Morgan fingerprint density at radius 1 is 1.14 bits per heavy atom. The Bertz CT molecular complexity index is 1020. The van der Waals surface area contributed by atoms with Gasteiger partial charge < -0.3 is 19.9 Å². The molecule has 1 aromatic heterocycles. The first-order valence-corrected chi connectivity index (χ1v) is 10.4. The fourth-order valence-corrected chi connectivity index (χ4v) is 5.67. The van der Waals surface area contributed by atoms with Crippen LogP contribution in [0, 0.1) is 5.41 Å². The molecule has 1 amide bonds. The predicted molar refractivity (Wildman–Crippen MR) is 111 cm³/mol. The van der Waals surface area contributed by atoms with Crippen LogP contribution < -0.4 is 10.9 Å². The molecule has 152 valence electrons. The second-order valence-electron chi connectivity index (χ2n) is 8.98. The second kappa shape index (κ2) is 6.54. The van der Waals surface area contributed by atoms with E-state index in [9.17, 15) is 14.7 Å². The Labute approximate surface area is 170 Å². The molecule has 29 heavy (non-hydrogen) atoms. The van der Waals surface area contributed by atoms with Crippen LogP contribution in [-0.4, -0.2) is 52.3 Å². The van der Waals surface area contributed by atoms with Crippen LogP contribution in [0.1, 0.15) is 36.0 Å². The van der Waals surface area contributed by atoms with Gasteiger partial charge in [0.25, 0.3) is 11.5 Å². The standard InChI is InChI=1S/C23H27N3O3/c1-25-17-7-8-22(12-17)14-24-10-9-23(22,29)15-26-13-19(21(25)28)18(11-20(26)27)16-5-3-2-4-6-16/h2-6,11,13,17,24,29H,7-10,12,14-15H2,1H3. The molecule has 0 radical (unpaired) electrons. The Morgan fingerprint density at radius 3 is 2.72 bits per heavy atom. The Morgan fingerprint density at radius 2 is 1.93 bits per heavy atom. The molecule has 1 saturated carbocycles. The van der Waals surface area contributed by atoms with E-state index in [4.69, 9.17) is 0 Å². The van der Waals surface area contributed by atoms with Gasteiger partial charge in [0.15, 0.2) is 0 Å². The molecular formula is C23H27N3O3. The Kier molecular flexibility index (Phi) is 4.19. The van der Waals surface area contributed by atoms with Crippen LogP contribution >= 0.6 is 0 Å². The van der Waals surface area contributed by atoms with Crippen molar-refractivity contribution in [2.75, 3.05) is 20.1 Å². The third kappa shape index (κ3) is 2.77. The van der Waals surface area contributed by atoms with E-state index in [0.29, 0.717) is 17.5 Å². The van der Waals surface area contributed by atoms with Crippen LogP contribution in [0.4, 0.5) is 0 Å². The van der Waals surface area contributed by atoms with Crippen LogP contribution in [0.15, 0.2) is 47.4 Å². The summed E-state index contributed by atoms with van der Waals surface area (Å²) >= 11 is 0. The van der Waals surface area contributed by atoms with E-state index >= 15 is 0 Å². The number of fused-ring (bicyclic) bond motifs is 3. The molecule has 3 heterocycles. The zero-order chi connectivity index (χ0) is 20.2. The minimum Gasteiger partial charge on any atom is -0.387 e. The maximum Gasteiger partial charge on any atom is 0.255 e. The fourth-order valence-electron chi connectivity index (χ4n) is 5.67. The minimum atomic E-state index is -0.955. The monoisotopic (exact) mass is 393 g/mol. The lowest BCUT2D eigenvalue weighted by molar-refractivity contribution is -0.117. The number of benzene rings is 1. The molecule has 5 rings (SSSR count). The van der Waals surface area contributed by atoms with Crippen LogP contribution in [-0.2, 0) is 6.54 Å². The van der Waals surface area contributed by atoms with Crippen molar-refractivity contribution in [3.05, 3.63) is 58.5 Å². The fraction of sp³-hybridized carbons (Fsp3) is 0.478. The summed E-state index contributed by atoms with van der Waals surface area (Å²) in [6.45, 7) is 1.70.